The number of carbonyl (C=O) groups is 1. The minimum atomic E-state index is -0.548. The monoisotopic (exact) mass is 368 g/mol. The van der Waals surface area contributed by atoms with E-state index < -0.39 is 11.4 Å². The molecule has 0 bridgehead atoms. The van der Waals surface area contributed by atoms with Crippen LogP contribution < -0.4 is 0 Å². The van der Waals surface area contributed by atoms with Gasteiger partial charge in [0.05, 0.1) is 0 Å². The van der Waals surface area contributed by atoms with E-state index in [0.717, 1.165) is 18.7 Å². The van der Waals surface area contributed by atoms with Gasteiger partial charge in [-0.3, -0.25) is 4.90 Å². The van der Waals surface area contributed by atoms with Crippen molar-refractivity contribution >= 4 is 6.09 Å². The lowest BCUT2D eigenvalue weighted by atomic mass is 10.0. The summed E-state index contributed by atoms with van der Waals surface area (Å²) in [6.45, 7) is 20.6. The lowest BCUT2D eigenvalue weighted by molar-refractivity contribution is 0.0129. The van der Waals surface area contributed by atoms with Crippen molar-refractivity contribution in [3.8, 4) is 0 Å². The van der Waals surface area contributed by atoms with Crippen LogP contribution in [-0.2, 0) is 9.47 Å². The zero-order chi connectivity index (χ0) is 19.9. The fraction of sp³-hybridized carbons (Fsp3) is 0.650. The van der Waals surface area contributed by atoms with E-state index in [1.807, 2.05) is 34.6 Å². The second kappa shape index (κ2) is 9.76. The van der Waals surface area contributed by atoms with Crippen molar-refractivity contribution in [1.29, 1.82) is 0 Å². The molecule has 1 heterocycles. The Hall–Kier alpha value is -1.82. The third kappa shape index (κ3) is 8.04. The molecule has 1 amide bonds. The molecule has 26 heavy (non-hydrogen) atoms. The lowest BCUT2D eigenvalue weighted by Gasteiger charge is -2.35. The molecule has 1 rings (SSSR count). The highest BCUT2D eigenvalue weighted by atomic mass is 19.1. The Morgan fingerprint density at radius 1 is 1.19 bits per heavy atom. The van der Waals surface area contributed by atoms with Crippen molar-refractivity contribution < 1.29 is 18.7 Å². The van der Waals surface area contributed by atoms with Crippen LogP contribution in [0.4, 0.5) is 9.18 Å². The number of hydrogen-bond acceptors (Lipinski definition) is 4. The zero-order valence-electron chi connectivity index (χ0n) is 16.8. The third-order valence-corrected chi connectivity index (χ3v) is 3.99. The Labute approximate surface area is 157 Å². The molecule has 1 aliphatic rings. The molecule has 0 aromatic rings. The Bertz CT molecular complexity index is 542. The fourth-order valence-electron chi connectivity index (χ4n) is 2.42. The molecule has 6 heteroatoms. The predicted molar refractivity (Wildman–Crippen MR) is 103 cm³/mol. The van der Waals surface area contributed by atoms with E-state index in [0.29, 0.717) is 32.0 Å². The van der Waals surface area contributed by atoms with Crippen LogP contribution in [0.1, 0.15) is 34.6 Å². The number of ether oxygens (including phenoxy) is 2. The van der Waals surface area contributed by atoms with Gasteiger partial charge in [0.15, 0.2) is 0 Å². The quantitative estimate of drug-likeness (QED) is 0.500. The van der Waals surface area contributed by atoms with E-state index in [1.54, 1.807) is 4.90 Å². The van der Waals surface area contributed by atoms with Gasteiger partial charge >= 0.3 is 6.09 Å². The van der Waals surface area contributed by atoms with Gasteiger partial charge < -0.3 is 14.4 Å². The van der Waals surface area contributed by atoms with Crippen LogP contribution in [0.25, 0.3) is 0 Å². The summed E-state index contributed by atoms with van der Waals surface area (Å²) in [5.74, 6) is 0.0608. The van der Waals surface area contributed by atoms with Crippen molar-refractivity contribution in [2.45, 2.75) is 40.2 Å². The Morgan fingerprint density at radius 3 is 2.23 bits per heavy atom. The van der Waals surface area contributed by atoms with Crippen molar-refractivity contribution in [3.63, 3.8) is 0 Å². The van der Waals surface area contributed by atoms with Gasteiger partial charge in [-0.25, -0.2) is 9.18 Å². The minimum Gasteiger partial charge on any atom is -0.492 e. The molecule has 5 nitrogen and oxygen atoms in total. The van der Waals surface area contributed by atoms with Crippen molar-refractivity contribution in [3.05, 3.63) is 36.4 Å². The maximum atomic E-state index is 13.1. The van der Waals surface area contributed by atoms with E-state index in [4.69, 9.17) is 9.47 Å². The molecule has 1 saturated heterocycles. The molecule has 0 aromatic heterocycles. The maximum Gasteiger partial charge on any atom is 0.410 e. The summed E-state index contributed by atoms with van der Waals surface area (Å²) in [7, 11) is 0. The number of allylic oxidation sites excluding steroid dienone is 3. The smallest absolute Gasteiger partial charge is 0.410 e. The molecule has 148 valence electrons. The van der Waals surface area contributed by atoms with E-state index in [1.165, 1.54) is 6.08 Å². The molecule has 1 aliphatic heterocycles. The van der Waals surface area contributed by atoms with Crippen LogP contribution >= 0.6 is 0 Å². The highest BCUT2D eigenvalue weighted by Gasteiger charge is 2.25. The normalized spacial score (nSPS) is 16.6. The van der Waals surface area contributed by atoms with Crippen LogP contribution in [0, 0.1) is 5.92 Å². The van der Waals surface area contributed by atoms with Gasteiger partial charge in [-0.1, -0.05) is 27.0 Å². The average Bonchev–Trinajstić information content (AvgIpc) is 2.51. The predicted octanol–water partition coefficient (Wildman–Crippen LogP) is 4.14. The molecular formula is C20H33FN2O3. The molecule has 0 N–H and O–H groups in total. The largest absolute Gasteiger partial charge is 0.492 e. The first-order valence-electron chi connectivity index (χ1n) is 9.08. The first kappa shape index (κ1) is 22.2. The second-order valence-electron chi connectivity index (χ2n) is 7.79. The first-order chi connectivity index (χ1) is 12.0. The molecule has 0 saturated carbocycles. The number of piperazine rings is 1. The first-order valence-corrected chi connectivity index (χ1v) is 9.08. The minimum absolute atomic E-state index is 0.165. The number of rotatable bonds is 7. The number of nitrogens with zero attached hydrogens (tertiary/aromatic N) is 2. The summed E-state index contributed by atoms with van der Waals surface area (Å²) in [4.78, 5) is 16.0. The van der Waals surface area contributed by atoms with Crippen LogP contribution in [-0.4, -0.2) is 60.8 Å². The van der Waals surface area contributed by atoms with E-state index in [-0.39, 0.29) is 12.0 Å². The Kier molecular flexibility index (Phi) is 8.34. The van der Waals surface area contributed by atoms with Gasteiger partial charge in [-0.15, -0.1) is 0 Å². The standard InChI is InChI=1S/C20H33FN2O3/c1-15(2)17(4)18(14-16(3)21)25-13-12-22-8-10-23(11-9-22)19(24)26-20(5,6)7/h14-15H,3-4,8-13H2,1-2,5-7H3/b18-14+. The van der Waals surface area contributed by atoms with Gasteiger partial charge in [0.1, 0.15) is 23.8 Å². The van der Waals surface area contributed by atoms with Crippen LogP contribution in [0.5, 0.6) is 0 Å². The number of carbonyl (C=O) groups excluding carboxylic acids is 1. The SMILES string of the molecule is C=C(F)/C=C(/OCCN1CCN(C(=O)OC(C)(C)C)CC1)C(=C)C(C)C. The Balaban J connectivity index is 2.42. The molecule has 0 unspecified atom stereocenters. The summed E-state index contributed by atoms with van der Waals surface area (Å²) in [6, 6.07) is 0. The molecule has 0 aromatic carbocycles. The number of hydrogen-bond donors (Lipinski definition) is 0. The van der Waals surface area contributed by atoms with Gasteiger partial charge in [0, 0.05) is 38.8 Å². The summed E-state index contributed by atoms with van der Waals surface area (Å²) < 4.78 is 24.3. The molecular weight excluding hydrogens is 335 g/mol. The summed E-state index contributed by atoms with van der Waals surface area (Å²) in [6.07, 6.45) is 1.01. The average molecular weight is 368 g/mol. The summed E-state index contributed by atoms with van der Waals surface area (Å²) in [5, 5.41) is 0. The molecule has 0 spiro atoms. The lowest BCUT2D eigenvalue weighted by Crippen LogP contribution is -2.50. The van der Waals surface area contributed by atoms with Crippen LogP contribution in [0.3, 0.4) is 0 Å². The number of amides is 1. The highest BCUT2D eigenvalue weighted by molar-refractivity contribution is 5.68. The van der Waals surface area contributed by atoms with E-state index >= 15 is 0 Å². The van der Waals surface area contributed by atoms with Crippen molar-refractivity contribution in [2.75, 3.05) is 39.3 Å². The molecule has 0 atom stereocenters. The highest BCUT2D eigenvalue weighted by Crippen LogP contribution is 2.20. The van der Waals surface area contributed by atoms with Crippen molar-refractivity contribution in [2.24, 2.45) is 5.92 Å². The van der Waals surface area contributed by atoms with Crippen LogP contribution in [0.2, 0.25) is 0 Å². The molecule has 1 fully saturated rings. The van der Waals surface area contributed by atoms with E-state index in [2.05, 4.69) is 18.1 Å². The van der Waals surface area contributed by atoms with Crippen molar-refractivity contribution in [1.82, 2.24) is 9.80 Å². The zero-order valence-corrected chi connectivity index (χ0v) is 16.8. The summed E-state index contributed by atoms with van der Waals surface area (Å²) in [5.41, 5.74) is 0.267. The van der Waals surface area contributed by atoms with Gasteiger partial charge in [0.2, 0.25) is 0 Å². The third-order valence-electron chi connectivity index (χ3n) is 3.99. The van der Waals surface area contributed by atoms with Gasteiger partial charge in [-0.2, -0.15) is 0 Å². The topological polar surface area (TPSA) is 42.0 Å². The fourth-order valence-corrected chi connectivity index (χ4v) is 2.42. The Morgan fingerprint density at radius 2 is 1.77 bits per heavy atom. The van der Waals surface area contributed by atoms with Gasteiger partial charge in [0.25, 0.3) is 0 Å². The second-order valence-corrected chi connectivity index (χ2v) is 7.79. The molecule has 0 radical (unpaired) electrons. The van der Waals surface area contributed by atoms with E-state index in [9.17, 15) is 9.18 Å². The maximum absolute atomic E-state index is 13.1. The van der Waals surface area contributed by atoms with Crippen LogP contribution in [0.15, 0.2) is 36.4 Å². The number of halogens is 1. The van der Waals surface area contributed by atoms with Gasteiger partial charge in [-0.05, 0) is 32.3 Å². The summed E-state index contributed by atoms with van der Waals surface area (Å²) >= 11 is 0. The molecule has 0 aliphatic carbocycles.